The fraction of sp³-hybridized carbons (Fsp3) is 0.533. The van der Waals surface area contributed by atoms with Gasteiger partial charge in [-0.3, -0.25) is 14.9 Å². The fourth-order valence-corrected chi connectivity index (χ4v) is 2.76. The number of nitrogens with one attached hydrogen (secondary N) is 1. The Bertz CT molecular complexity index is 568. The van der Waals surface area contributed by atoms with Crippen LogP contribution in [0, 0.1) is 10.1 Å². The first kappa shape index (κ1) is 16.2. The van der Waals surface area contributed by atoms with Crippen LogP contribution in [0.2, 0.25) is 0 Å². The molecule has 1 aliphatic rings. The molecule has 22 heavy (non-hydrogen) atoms. The van der Waals surface area contributed by atoms with E-state index in [4.69, 9.17) is 10.5 Å². The van der Waals surface area contributed by atoms with Crippen molar-refractivity contribution in [3.05, 3.63) is 33.9 Å². The van der Waals surface area contributed by atoms with E-state index in [9.17, 15) is 14.9 Å². The van der Waals surface area contributed by atoms with Gasteiger partial charge in [-0.15, -0.1) is 0 Å². The van der Waals surface area contributed by atoms with Crippen molar-refractivity contribution in [2.24, 2.45) is 5.73 Å². The van der Waals surface area contributed by atoms with E-state index in [-0.39, 0.29) is 28.4 Å². The summed E-state index contributed by atoms with van der Waals surface area (Å²) in [6, 6.07) is 4.15. The SMILES string of the molecule is COc1ccc(C(=O)NCC2(N)CCCCC2)cc1[N+](=O)[O-]. The molecule has 0 bridgehead atoms. The molecule has 3 N–H and O–H groups in total. The average Bonchev–Trinajstić information content (AvgIpc) is 2.52. The van der Waals surface area contributed by atoms with Gasteiger partial charge >= 0.3 is 5.69 Å². The van der Waals surface area contributed by atoms with Gasteiger partial charge in [0.15, 0.2) is 5.75 Å². The summed E-state index contributed by atoms with van der Waals surface area (Å²) in [5, 5.41) is 13.8. The molecule has 0 saturated heterocycles. The number of carbonyl (C=O) groups excluding carboxylic acids is 1. The van der Waals surface area contributed by atoms with E-state index >= 15 is 0 Å². The monoisotopic (exact) mass is 307 g/mol. The zero-order valence-corrected chi connectivity index (χ0v) is 12.6. The summed E-state index contributed by atoms with van der Waals surface area (Å²) in [6.07, 6.45) is 5.09. The minimum atomic E-state index is -0.568. The number of nitro groups is 1. The Labute approximate surface area is 129 Å². The van der Waals surface area contributed by atoms with Gasteiger partial charge in [0.1, 0.15) is 0 Å². The molecule has 0 aromatic heterocycles. The van der Waals surface area contributed by atoms with E-state index in [1.165, 1.54) is 31.7 Å². The number of benzene rings is 1. The molecule has 7 nitrogen and oxygen atoms in total. The molecule has 1 saturated carbocycles. The second-order valence-corrected chi connectivity index (χ2v) is 5.75. The largest absolute Gasteiger partial charge is 0.490 e. The lowest BCUT2D eigenvalue weighted by atomic mass is 9.82. The molecular weight excluding hydrogens is 286 g/mol. The quantitative estimate of drug-likeness (QED) is 0.639. The second kappa shape index (κ2) is 6.74. The standard InChI is InChI=1S/C15H21N3O4/c1-22-13-6-5-11(9-12(13)18(20)21)14(19)17-10-15(16)7-3-2-4-8-15/h5-6,9H,2-4,7-8,10,16H2,1H3,(H,17,19). The van der Waals surface area contributed by atoms with Gasteiger partial charge < -0.3 is 15.8 Å². The molecule has 0 heterocycles. The van der Waals surface area contributed by atoms with Crippen molar-refractivity contribution >= 4 is 11.6 Å². The van der Waals surface area contributed by atoms with Crippen LogP contribution >= 0.6 is 0 Å². The van der Waals surface area contributed by atoms with Gasteiger partial charge in [0, 0.05) is 23.7 Å². The van der Waals surface area contributed by atoms with E-state index < -0.39 is 4.92 Å². The van der Waals surface area contributed by atoms with Crippen LogP contribution < -0.4 is 15.8 Å². The van der Waals surface area contributed by atoms with Crippen molar-refractivity contribution < 1.29 is 14.5 Å². The van der Waals surface area contributed by atoms with Crippen LogP contribution in [-0.4, -0.2) is 30.0 Å². The minimum absolute atomic E-state index is 0.129. The van der Waals surface area contributed by atoms with E-state index in [1.807, 2.05) is 0 Å². The number of hydrogen-bond donors (Lipinski definition) is 2. The molecule has 120 valence electrons. The number of nitrogens with two attached hydrogens (primary N) is 1. The summed E-state index contributed by atoms with van der Waals surface area (Å²) in [5.41, 5.74) is 5.90. The summed E-state index contributed by atoms with van der Waals surface area (Å²) in [7, 11) is 1.35. The first-order chi connectivity index (χ1) is 10.4. The van der Waals surface area contributed by atoms with E-state index in [1.54, 1.807) is 0 Å². The lowest BCUT2D eigenvalue weighted by Gasteiger charge is -2.33. The predicted molar refractivity (Wildman–Crippen MR) is 82.0 cm³/mol. The summed E-state index contributed by atoms with van der Waals surface area (Å²) < 4.78 is 4.92. The predicted octanol–water partition coefficient (Wildman–Crippen LogP) is 1.99. The van der Waals surface area contributed by atoms with Crippen LogP contribution in [0.25, 0.3) is 0 Å². The third kappa shape index (κ3) is 3.73. The molecular formula is C15H21N3O4. The number of nitrogens with zero attached hydrogens (tertiary/aromatic N) is 1. The molecule has 1 amide bonds. The Morgan fingerprint density at radius 2 is 2.09 bits per heavy atom. The maximum absolute atomic E-state index is 12.2. The summed E-state index contributed by atoms with van der Waals surface area (Å²) in [4.78, 5) is 22.6. The number of rotatable bonds is 5. The number of carbonyl (C=O) groups is 1. The number of ether oxygens (including phenoxy) is 1. The summed E-state index contributed by atoms with van der Waals surface area (Å²) in [5.74, 6) is -0.231. The molecule has 1 aliphatic carbocycles. The molecule has 7 heteroatoms. The molecule has 1 aromatic carbocycles. The Morgan fingerprint density at radius 1 is 1.41 bits per heavy atom. The Balaban J connectivity index is 2.06. The number of amides is 1. The smallest absolute Gasteiger partial charge is 0.311 e. The van der Waals surface area contributed by atoms with E-state index in [2.05, 4.69) is 5.32 Å². The highest BCUT2D eigenvalue weighted by atomic mass is 16.6. The van der Waals surface area contributed by atoms with Crippen molar-refractivity contribution in [2.45, 2.75) is 37.6 Å². The third-order valence-electron chi connectivity index (χ3n) is 4.09. The molecule has 2 rings (SSSR count). The van der Waals surface area contributed by atoms with Crippen LogP contribution in [0.15, 0.2) is 18.2 Å². The highest BCUT2D eigenvalue weighted by Gasteiger charge is 2.28. The Kier molecular flexibility index (Phi) is 4.97. The van der Waals surface area contributed by atoms with Crippen LogP contribution in [-0.2, 0) is 0 Å². The highest BCUT2D eigenvalue weighted by molar-refractivity contribution is 5.95. The normalized spacial score (nSPS) is 16.8. The summed E-state index contributed by atoms with van der Waals surface area (Å²) >= 11 is 0. The number of methoxy groups -OCH3 is 1. The van der Waals surface area contributed by atoms with Gasteiger partial charge in [-0.2, -0.15) is 0 Å². The highest BCUT2D eigenvalue weighted by Crippen LogP contribution is 2.28. The lowest BCUT2D eigenvalue weighted by molar-refractivity contribution is -0.385. The van der Waals surface area contributed by atoms with E-state index in [0.29, 0.717) is 6.54 Å². The van der Waals surface area contributed by atoms with Gasteiger partial charge in [0.05, 0.1) is 12.0 Å². The molecule has 0 spiro atoms. The molecule has 1 fully saturated rings. The Morgan fingerprint density at radius 3 is 2.68 bits per heavy atom. The number of nitro benzene ring substituents is 1. The van der Waals surface area contributed by atoms with Crippen molar-refractivity contribution in [1.29, 1.82) is 0 Å². The second-order valence-electron chi connectivity index (χ2n) is 5.75. The van der Waals surface area contributed by atoms with Gasteiger partial charge in [0.2, 0.25) is 0 Å². The first-order valence-electron chi connectivity index (χ1n) is 7.35. The van der Waals surface area contributed by atoms with Crippen LogP contribution in [0.4, 0.5) is 5.69 Å². The lowest BCUT2D eigenvalue weighted by Crippen LogP contribution is -2.51. The van der Waals surface area contributed by atoms with Crippen molar-refractivity contribution in [2.75, 3.05) is 13.7 Å². The Hall–Kier alpha value is -2.15. The molecule has 0 atom stereocenters. The van der Waals surface area contributed by atoms with Crippen molar-refractivity contribution in [3.8, 4) is 5.75 Å². The van der Waals surface area contributed by atoms with Gasteiger partial charge in [-0.25, -0.2) is 0 Å². The third-order valence-corrected chi connectivity index (χ3v) is 4.09. The zero-order valence-electron chi connectivity index (χ0n) is 12.6. The maximum Gasteiger partial charge on any atom is 0.311 e. The van der Waals surface area contributed by atoms with Crippen molar-refractivity contribution in [1.82, 2.24) is 5.32 Å². The number of hydrogen-bond acceptors (Lipinski definition) is 5. The minimum Gasteiger partial charge on any atom is -0.490 e. The van der Waals surface area contributed by atoms with E-state index in [0.717, 1.165) is 25.7 Å². The first-order valence-corrected chi connectivity index (χ1v) is 7.35. The molecule has 0 radical (unpaired) electrons. The van der Waals surface area contributed by atoms with Crippen LogP contribution in [0.1, 0.15) is 42.5 Å². The van der Waals surface area contributed by atoms with Gasteiger partial charge in [-0.1, -0.05) is 19.3 Å². The fourth-order valence-electron chi connectivity index (χ4n) is 2.76. The molecule has 0 aliphatic heterocycles. The topological polar surface area (TPSA) is 107 Å². The van der Waals surface area contributed by atoms with Crippen molar-refractivity contribution in [3.63, 3.8) is 0 Å². The van der Waals surface area contributed by atoms with Crippen LogP contribution in [0.3, 0.4) is 0 Å². The average molecular weight is 307 g/mol. The summed E-state index contributed by atoms with van der Waals surface area (Å²) in [6.45, 7) is 0.381. The molecule has 1 aromatic rings. The molecule has 0 unspecified atom stereocenters. The van der Waals surface area contributed by atoms with Gasteiger partial charge in [-0.05, 0) is 25.0 Å². The van der Waals surface area contributed by atoms with Gasteiger partial charge in [0.25, 0.3) is 5.91 Å². The zero-order chi connectivity index (χ0) is 16.2. The van der Waals surface area contributed by atoms with Crippen LogP contribution in [0.5, 0.6) is 5.75 Å². The maximum atomic E-state index is 12.2.